The summed E-state index contributed by atoms with van der Waals surface area (Å²) in [6.07, 6.45) is 6.24. The molecule has 15 heteroatoms. The molecule has 0 radical (unpaired) electrons. The van der Waals surface area contributed by atoms with Crippen LogP contribution < -0.4 is 20.0 Å². The zero-order valence-electron chi connectivity index (χ0n) is 26.0. The molecular formula is C33H33FN6O7S. The standard InChI is InChI=1S/C33H33FN6O7S/c1-37-26-16-21(5-7-24(26)40(33(37)45)25-8-9-28(42)35-32(25)44)20-10-13-38(14-11-20)12-2-3-19-4-6-23-22(15-19)17-27(41)31(30(23)34)39-18-29(43)36-48(39,46)47/h2-7,15-17,20,25,41H,8-14,18H2,1H3,(H,36,43)(H,35,42,44)/b3-2+. The van der Waals surface area contributed by atoms with E-state index >= 15 is 4.39 Å². The van der Waals surface area contributed by atoms with Crippen LogP contribution in [0.3, 0.4) is 0 Å². The fraction of sp³-hybridized carbons (Fsp3) is 0.333. The summed E-state index contributed by atoms with van der Waals surface area (Å²) < 4.78 is 45.2. The van der Waals surface area contributed by atoms with Gasteiger partial charge in [0.15, 0.2) is 5.82 Å². The summed E-state index contributed by atoms with van der Waals surface area (Å²) >= 11 is 0. The summed E-state index contributed by atoms with van der Waals surface area (Å²) in [4.78, 5) is 51.2. The van der Waals surface area contributed by atoms with Crippen LogP contribution in [0.2, 0.25) is 0 Å². The fourth-order valence-corrected chi connectivity index (χ4v) is 8.16. The number of phenolic OH excluding ortho intramolecular Hbond substituents is 1. The Labute approximate surface area is 274 Å². The minimum absolute atomic E-state index is 0.113. The molecule has 3 saturated heterocycles. The number of carbonyl (C=O) groups excluding carboxylic acids is 3. The molecule has 3 aliphatic rings. The molecule has 0 spiro atoms. The largest absolute Gasteiger partial charge is 0.506 e. The zero-order valence-corrected chi connectivity index (χ0v) is 26.8. The van der Waals surface area contributed by atoms with Crippen molar-refractivity contribution in [1.29, 1.82) is 0 Å². The van der Waals surface area contributed by atoms with E-state index in [4.69, 9.17) is 0 Å². The van der Waals surface area contributed by atoms with Gasteiger partial charge in [-0.3, -0.25) is 33.7 Å². The van der Waals surface area contributed by atoms with Crippen LogP contribution in [0.1, 0.15) is 48.8 Å². The van der Waals surface area contributed by atoms with E-state index in [-0.39, 0.29) is 29.8 Å². The van der Waals surface area contributed by atoms with Crippen LogP contribution in [0.25, 0.3) is 27.9 Å². The van der Waals surface area contributed by atoms with Gasteiger partial charge in [0.2, 0.25) is 11.8 Å². The molecule has 13 nitrogen and oxygen atoms in total. The van der Waals surface area contributed by atoms with Gasteiger partial charge in [-0.1, -0.05) is 30.4 Å². The number of halogens is 1. The van der Waals surface area contributed by atoms with Gasteiger partial charge in [-0.25, -0.2) is 18.2 Å². The Bertz CT molecular complexity index is 2220. The second-order valence-electron chi connectivity index (χ2n) is 12.5. The van der Waals surface area contributed by atoms with E-state index in [0.29, 0.717) is 27.7 Å². The van der Waals surface area contributed by atoms with Crippen LogP contribution in [0, 0.1) is 5.82 Å². The molecule has 1 unspecified atom stereocenters. The van der Waals surface area contributed by atoms with Gasteiger partial charge in [-0.05, 0) is 79.0 Å². The van der Waals surface area contributed by atoms with Crippen molar-refractivity contribution < 1.29 is 32.3 Å². The van der Waals surface area contributed by atoms with Gasteiger partial charge in [-0.2, -0.15) is 8.42 Å². The lowest BCUT2D eigenvalue weighted by Crippen LogP contribution is -2.44. The molecule has 3 aromatic carbocycles. The smallest absolute Gasteiger partial charge is 0.329 e. The molecule has 4 aromatic rings. The van der Waals surface area contributed by atoms with Gasteiger partial charge in [0.1, 0.15) is 24.0 Å². The van der Waals surface area contributed by atoms with Crippen molar-refractivity contribution in [2.75, 3.05) is 30.5 Å². The molecule has 1 atom stereocenters. The molecule has 48 heavy (non-hydrogen) atoms. The first-order valence-corrected chi connectivity index (χ1v) is 17.1. The van der Waals surface area contributed by atoms with E-state index in [9.17, 15) is 32.7 Å². The minimum atomic E-state index is -4.29. The summed E-state index contributed by atoms with van der Waals surface area (Å²) in [5, 5.41) is 13.3. The highest BCUT2D eigenvalue weighted by Gasteiger charge is 2.38. The number of imidazole rings is 1. The maximum Gasteiger partial charge on any atom is 0.329 e. The number of aromatic hydroxyl groups is 1. The fourth-order valence-electron chi connectivity index (χ4n) is 6.99. The van der Waals surface area contributed by atoms with Crippen LogP contribution in [0.4, 0.5) is 10.1 Å². The lowest BCUT2D eigenvalue weighted by molar-refractivity contribution is -0.135. The number of nitrogens with zero attached hydrogens (tertiary/aromatic N) is 4. The highest BCUT2D eigenvalue weighted by molar-refractivity contribution is 7.92. The van der Waals surface area contributed by atoms with Crippen molar-refractivity contribution in [1.82, 2.24) is 24.1 Å². The average Bonchev–Trinajstić information content (AvgIpc) is 3.46. The molecule has 3 amide bonds. The minimum Gasteiger partial charge on any atom is -0.506 e. The van der Waals surface area contributed by atoms with Crippen LogP contribution in [-0.2, 0) is 31.6 Å². The molecule has 4 heterocycles. The number of fused-ring (bicyclic) bond motifs is 2. The number of likely N-dealkylation sites (tertiary alicyclic amines) is 1. The number of benzene rings is 3. The molecular weight excluding hydrogens is 643 g/mol. The number of hydrogen-bond donors (Lipinski definition) is 3. The number of amides is 3. The Hall–Kier alpha value is -5.02. The SMILES string of the molecule is Cn1c(=O)n(C2CCC(=O)NC2=O)c2ccc(C3CCN(C/C=C/c4ccc5c(F)c(N6CC(=O)NS6(=O)=O)c(O)cc5c4)CC3)cc21. The molecule has 1 aromatic heterocycles. The van der Waals surface area contributed by atoms with Crippen molar-refractivity contribution in [3.63, 3.8) is 0 Å². The van der Waals surface area contributed by atoms with Crippen molar-refractivity contribution in [2.45, 2.75) is 37.6 Å². The Kier molecular flexibility index (Phi) is 7.83. The zero-order chi connectivity index (χ0) is 33.9. The van der Waals surface area contributed by atoms with E-state index in [1.165, 1.54) is 16.7 Å². The van der Waals surface area contributed by atoms with Gasteiger partial charge in [0.05, 0.1) is 11.0 Å². The monoisotopic (exact) mass is 676 g/mol. The number of hydrogen-bond acceptors (Lipinski definition) is 8. The Morgan fingerprint density at radius 3 is 2.46 bits per heavy atom. The first-order valence-electron chi connectivity index (χ1n) is 15.6. The summed E-state index contributed by atoms with van der Waals surface area (Å²) in [5.74, 6) is -2.81. The van der Waals surface area contributed by atoms with Crippen molar-refractivity contribution >= 4 is 61.5 Å². The molecule has 0 bridgehead atoms. The van der Waals surface area contributed by atoms with E-state index in [1.54, 1.807) is 28.5 Å². The Balaban J connectivity index is 1.00. The first kappa shape index (κ1) is 31.6. The highest BCUT2D eigenvalue weighted by atomic mass is 32.2. The maximum absolute atomic E-state index is 15.4. The van der Waals surface area contributed by atoms with E-state index in [1.807, 2.05) is 30.4 Å². The van der Waals surface area contributed by atoms with E-state index < -0.39 is 51.9 Å². The van der Waals surface area contributed by atoms with Crippen LogP contribution >= 0.6 is 0 Å². The maximum atomic E-state index is 15.4. The second kappa shape index (κ2) is 11.9. The molecule has 0 saturated carbocycles. The number of piperidine rings is 2. The van der Waals surface area contributed by atoms with Crippen molar-refractivity contribution in [3.8, 4) is 5.75 Å². The number of aromatic nitrogens is 2. The molecule has 3 aliphatic heterocycles. The normalized spacial score (nSPS) is 20.7. The van der Waals surface area contributed by atoms with E-state index in [0.717, 1.165) is 42.6 Å². The third kappa shape index (κ3) is 5.52. The first-order chi connectivity index (χ1) is 22.9. The predicted molar refractivity (Wildman–Crippen MR) is 176 cm³/mol. The van der Waals surface area contributed by atoms with Gasteiger partial charge < -0.3 is 5.11 Å². The topological polar surface area (TPSA) is 163 Å². The molecule has 7 rings (SSSR count). The number of nitrogens with one attached hydrogen (secondary N) is 2. The third-order valence-corrected chi connectivity index (χ3v) is 10.9. The van der Waals surface area contributed by atoms with Crippen LogP contribution in [-0.4, -0.2) is 71.5 Å². The average molecular weight is 677 g/mol. The van der Waals surface area contributed by atoms with Gasteiger partial charge in [0, 0.05) is 25.4 Å². The predicted octanol–water partition coefficient (Wildman–Crippen LogP) is 2.39. The molecule has 3 N–H and O–H groups in total. The number of imide groups is 1. The lowest BCUT2D eigenvalue weighted by atomic mass is 9.89. The number of phenols is 1. The molecule has 0 aliphatic carbocycles. The Morgan fingerprint density at radius 1 is 0.979 bits per heavy atom. The van der Waals surface area contributed by atoms with Gasteiger partial charge in [0.25, 0.3) is 5.91 Å². The second-order valence-corrected chi connectivity index (χ2v) is 14.1. The lowest BCUT2D eigenvalue weighted by Gasteiger charge is -2.31. The number of carbonyl (C=O) groups is 3. The van der Waals surface area contributed by atoms with Crippen molar-refractivity contribution in [2.24, 2.45) is 7.05 Å². The van der Waals surface area contributed by atoms with Crippen molar-refractivity contribution in [3.05, 3.63) is 76.0 Å². The molecule has 3 fully saturated rings. The quantitative estimate of drug-likeness (QED) is 0.262. The number of rotatable bonds is 6. The summed E-state index contributed by atoms with van der Waals surface area (Å²) in [6, 6.07) is 11.4. The number of anilines is 1. The number of aryl methyl sites for hydroxylation is 1. The van der Waals surface area contributed by atoms with Crippen LogP contribution in [0.5, 0.6) is 5.75 Å². The summed E-state index contributed by atoms with van der Waals surface area (Å²) in [7, 11) is -2.59. The summed E-state index contributed by atoms with van der Waals surface area (Å²) in [5.41, 5.74) is 2.47. The molecule has 250 valence electrons. The Morgan fingerprint density at radius 2 is 1.75 bits per heavy atom. The summed E-state index contributed by atoms with van der Waals surface area (Å²) in [6.45, 7) is 1.80. The third-order valence-electron chi connectivity index (χ3n) is 9.49. The van der Waals surface area contributed by atoms with Gasteiger partial charge in [-0.15, -0.1) is 0 Å². The van der Waals surface area contributed by atoms with Gasteiger partial charge >= 0.3 is 15.9 Å². The highest BCUT2D eigenvalue weighted by Crippen LogP contribution is 2.39. The van der Waals surface area contributed by atoms with Crippen LogP contribution in [0.15, 0.2) is 53.3 Å². The van der Waals surface area contributed by atoms with E-state index in [2.05, 4.69) is 10.2 Å².